The average Bonchev–Trinajstić information content (AvgIpc) is 2.76. The second kappa shape index (κ2) is 9.82. The minimum absolute atomic E-state index is 0.0163. The fourth-order valence-corrected chi connectivity index (χ4v) is 5.55. The summed E-state index contributed by atoms with van der Waals surface area (Å²) < 4.78 is 53.7. The van der Waals surface area contributed by atoms with Gasteiger partial charge in [0, 0.05) is 11.9 Å². The summed E-state index contributed by atoms with van der Waals surface area (Å²) in [6, 6.07) is 14.7. The van der Waals surface area contributed by atoms with E-state index < -0.39 is 32.0 Å². The molecular weight excluding hydrogens is 476 g/mol. The van der Waals surface area contributed by atoms with Crippen LogP contribution < -0.4 is 14.3 Å². The molecule has 3 aromatic rings. The zero-order valence-corrected chi connectivity index (χ0v) is 20.8. The Morgan fingerprint density at radius 2 is 1.65 bits per heavy atom. The Morgan fingerprint density at radius 3 is 2.24 bits per heavy atom. The van der Waals surface area contributed by atoms with Crippen molar-refractivity contribution in [1.29, 1.82) is 0 Å². The number of carbonyl (C=O) groups excluding carboxylic acids is 1. The monoisotopic (exact) mass is 502 g/mol. The number of sulfonamides is 2. The van der Waals surface area contributed by atoms with Crippen LogP contribution in [-0.4, -0.2) is 40.0 Å². The molecule has 34 heavy (non-hydrogen) atoms. The van der Waals surface area contributed by atoms with Gasteiger partial charge in [0.1, 0.15) is 11.9 Å². The molecule has 9 nitrogen and oxygen atoms in total. The van der Waals surface area contributed by atoms with Crippen molar-refractivity contribution in [1.82, 2.24) is 4.98 Å². The number of hydrogen-bond donors (Lipinski definition) is 2. The minimum atomic E-state index is -3.87. The number of anilines is 3. The van der Waals surface area contributed by atoms with Crippen molar-refractivity contribution in [3.63, 3.8) is 0 Å². The summed E-state index contributed by atoms with van der Waals surface area (Å²) in [6.45, 7) is 5.11. The van der Waals surface area contributed by atoms with Crippen LogP contribution in [0, 0.1) is 13.8 Å². The van der Waals surface area contributed by atoms with E-state index in [-0.39, 0.29) is 10.7 Å². The van der Waals surface area contributed by atoms with Gasteiger partial charge in [0.05, 0.1) is 16.8 Å². The molecule has 2 aromatic carbocycles. The molecule has 2 N–H and O–H groups in total. The van der Waals surface area contributed by atoms with E-state index in [9.17, 15) is 21.6 Å². The fourth-order valence-electron chi connectivity index (χ4n) is 3.32. The van der Waals surface area contributed by atoms with E-state index in [1.54, 1.807) is 31.2 Å². The van der Waals surface area contributed by atoms with E-state index in [0.29, 0.717) is 16.9 Å². The van der Waals surface area contributed by atoms with Gasteiger partial charge < -0.3 is 5.32 Å². The van der Waals surface area contributed by atoms with Gasteiger partial charge in [-0.05, 0) is 74.4 Å². The number of hydrogen-bond acceptors (Lipinski definition) is 6. The van der Waals surface area contributed by atoms with Crippen LogP contribution in [0.5, 0.6) is 0 Å². The second-order valence-electron chi connectivity index (χ2n) is 7.86. The van der Waals surface area contributed by atoms with E-state index >= 15 is 0 Å². The third-order valence-corrected chi connectivity index (χ3v) is 7.62. The lowest BCUT2D eigenvalue weighted by molar-refractivity contribution is -0.116. The molecule has 180 valence electrons. The van der Waals surface area contributed by atoms with Crippen LogP contribution in [0.3, 0.4) is 0 Å². The molecule has 0 spiro atoms. The van der Waals surface area contributed by atoms with Gasteiger partial charge in [-0.1, -0.05) is 18.2 Å². The molecular formula is C23H26N4O5S2. The first-order chi connectivity index (χ1) is 15.9. The molecule has 0 aliphatic heterocycles. The van der Waals surface area contributed by atoms with E-state index in [1.165, 1.54) is 43.5 Å². The normalized spacial score (nSPS) is 12.6. The van der Waals surface area contributed by atoms with E-state index in [4.69, 9.17) is 0 Å². The second-order valence-corrected chi connectivity index (χ2v) is 11.4. The SMILES string of the molecule is Cc1ccc(C)c(N([C@@H](C)C(=O)Nc2ccc(S(=O)(=O)Nc3ccccn3)cc2)S(C)(=O)=O)c1. The molecule has 0 radical (unpaired) electrons. The number of rotatable bonds is 8. The standard InChI is InChI=1S/C23H26N4O5S2/c1-16-8-9-17(2)21(15-16)27(33(4,29)30)18(3)23(28)25-19-10-12-20(13-11-19)34(31,32)26-22-7-5-6-14-24-22/h5-15,18H,1-4H3,(H,24,26)(H,25,28)/t18-/m0/s1. The molecule has 0 unspecified atom stereocenters. The number of nitrogens with zero attached hydrogens (tertiary/aromatic N) is 2. The number of carbonyl (C=O) groups is 1. The minimum Gasteiger partial charge on any atom is -0.324 e. The van der Waals surface area contributed by atoms with Gasteiger partial charge in [-0.3, -0.25) is 13.8 Å². The molecule has 11 heteroatoms. The van der Waals surface area contributed by atoms with Crippen LogP contribution in [0.15, 0.2) is 71.8 Å². The molecule has 0 bridgehead atoms. The molecule has 1 atom stereocenters. The highest BCUT2D eigenvalue weighted by Crippen LogP contribution is 2.27. The Bertz CT molecular complexity index is 1390. The van der Waals surface area contributed by atoms with Crippen molar-refractivity contribution in [2.75, 3.05) is 20.6 Å². The predicted molar refractivity (Wildman–Crippen MR) is 133 cm³/mol. The molecule has 0 fully saturated rings. The van der Waals surface area contributed by atoms with Crippen molar-refractivity contribution in [2.24, 2.45) is 0 Å². The quantitative estimate of drug-likeness (QED) is 0.487. The predicted octanol–water partition coefficient (Wildman–Crippen LogP) is 3.29. The Kier molecular flexibility index (Phi) is 7.27. The van der Waals surface area contributed by atoms with Crippen LogP contribution in [0.25, 0.3) is 0 Å². The number of nitrogens with one attached hydrogen (secondary N) is 2. The van der Waals surface area contributed by atoms with Gasteiger partial charge in [0.2, 0.25) is 15.9 Å². The third kappa shape index (κ3) is 5.91. The van der Waals surface area contributed by atoms with Crippen molar-refractivity contribution in [3.05, 3.63) is 78.0 Å². The van der Waals surface area contributed by atoms with Crippen LogP contribution in [-0.2, 0) is 24.8 Å². The number of pyridine rings is 1. The maximum Gasteiger partial charge on any atom is 0.263 e. The van der Waals surface area contributed by atoms with Crippen molar-refractivity contribution in [3.8, 4) is 0 Å². The van der Waals surface area contributed by atoms with Crippen LogP contribution in [0.4, 0.5) is 17.2 Å². The van der Waals surface area contributed by atoms with E-state index in [1.807, 2.05) is 13.0 Å². The number of benzene rings is 2. The lowest BCUT2D eigenvalue weighted by Gasteiger charge is -2.29. The highest BCUT2D eigenvalue weighted by molar-refractivity contribution is 7.92. The van der Waals surface area contributed by atoms with Crippen molar-refractivity contribution in [2.45, 2.75) is 31.7 Å². The van der Waals surface area contributed by atoms with Crippen molar-refractivity contribution >= 4 is 43.1 Å². The Hall–Kier alpha value is -3.44. The van der Waals surface area contributed by atoms with Gasteiger partial charge in [0.25, 0.3) is 10.0 Å². The van der Waals surface area contributed by atoms with Crippen LogP contribution in [0.1, 0.15) is 18.1 Å². The first-order valence-electron chi connectivity index (χ1n) is 10.3. The smallest absolute Gasteiger partial charge is 0.263 e. The summed E-state index contributed by atoms with van der Waals surface area (Å²) in [7, 11) is -7.64. The summed E-state index contributed by atoms with van der Waals surface area (Å²) >= 11 is 0. The van der Waals surface area contributed by atoms with Crippen molar-refractivity contribution < 1.29 is 21.6 Å². The zero-order chi connectivity index (χ0) is 25.1. The highest BCUT2D eigenvalue weighted by Gasteiger charge is 2.30. The van der Waals surface area contributed by atoms with Gasteiger partial charge >= 0.3 is 0 Å². The third-order valence-electron chi connectivity index (χ3n) is 5.03. The largest absolute Gasteiger partial charge is 0.324 e. The van der Waals surface area contributed by atoms with Crippen LogP contribution >= 0.6 is 0 Å². The van der Waals surface area contributed by atoms with Gasteiger partial charge in [-0.15, -0.1) is 0 Å². The Balaban J connectivity index is 1.79. The van der Waals surface area contributed by atoms with Gasteiger partial charge in [0.15, 0.2) is 0 Å². The summed E-state index contributed by atoms with van der Waals surface area (Å²) in [5.74, 6) is -0.380. The summed E-state index contributed by atoms with van der Waals surface area (Å²) in [5, 5.41) is 2.65. The average molecular weight is 503 g/mol. The maximum atomic E-state index is 12.9. The lowest BCUT2D eigenvalue weighted by atomic mass is 10.1. The zero-order valence-electron chi connectivity index (χ0n) is 19.2. The molecule has 0 aliphatic rings. The molecule has 3 rings (SSSR count). The van der Waals surface area contributed by atoms with Gasteiger partial charge in [-0.2, -0.15) is 0 Å². The molecule has 1 heterocycles. The summed E-state index contributed by atoms with van der Waals surface area (Å²) in [4.78, 5) is 16.9. The van der Waals surface area contributed by atoms with E-state index in [2.05, 4.69) is 15.0 Å². The fraction of sp³-hybridized carbons (Fsp3) is 0.217. The molecule has 1 amide bonds. The first-order valence-corrected chi connectivity index (χ1v) is 13.6. The van der Waals surface area contributed by atoms with Gasteiger partial charge in [-0.25, -0.2) is 21.8 Å². The lowest BCUT2D eigenvalue weighted by Crippen LogP contribution is -2.45. The first kappa shape index (κ1) is 25.2. The van der Waals surface area contributed by atoms with Crippen LogP contribution in [0.2, 0.25) is 0 Å². The number of aryl methyl sites for hydroxylation is 2. The topological polar surface area (TPSA) is 126 Å². The molecule has 0 saturated carbocycles. The molecule has 0 aliphatic carbocycles. The number of amides is 1. The Morgan fingerprint density at radius 1 is 0.971 bits per heavy atom. The molecule has 0 saturated heterocycles. The summed E-state index contributed by atoms with van der Waals surface area (Å²) in [6.07, 6.45) is 2.52. The highest BCUT2D eigenvalue weighted by atomic mass is 32.2. The number of aromatic nitrogens is 1. The van der Waals surface area contributed by atoms with E-state index in [0.717, 1.165) is 16.1 Å². The maximum absolute atomic E-state index is 12.9. The Labute approximate surface area is 199 Å². The summed E-state index contributed by atoms with van der Waals surface area (Å²) in [5.41, 5.74) is 2.32. The molecule has 1 aromatic heterocycles.